The first-order chi connectivity index (χ1) is 9.90. The first kappa shape index (κ1) is 17.5. The van der Waals surface area contributed by atoms with Gasteiger partial charge in [0.2, 0.25) is 0 Å². The average molecular weight is 293 g/mol. The van der Waals surface area contributed by atoms with Crippen LogP contribution in [-0.4, -0.2) is 29.8 Å². The molecule has 0 fully saturated rings. The van der Waals surface area contributed by atoms with Crippen LogP contribution in [0.5, 0.6) is 5.75 Å². The van der Waals surface area contributed by atoms with E-state index >= 15 is 0 Å². The molecule has 0 aromatic heterocycles. The minimum absolute atomic E-state index is 0.0119. The molecule has 0 bridgehead atoms. The van der Waals surface area contributed by atoms with Crippen molar-refractivity contribution in [3.8, 4) is 5.75 Å². The van der Waals surface area contributed by atoms with Crippen LogP contribution >= 0.6 is 0 Å². The van der Waals surface area contributed by atoms with E-state index in [1.54, 1.807) is 0 Å². The van der Waals surface area contributed by atoms with Crippen LogP contribution in [0.1, 0.15) is 52.0 Å². The zero-order valence-corrected chi connectivity index (χ0v) is 13.5. The fourth-order valence-corrected chi connectivity index (χ4v) is 2.04. The van der Waals surface area contributed by atoms with Crippen molar-refractivity contribution in [3.05, 3.63) is 29.8 Å². The van der Waals surface area contributed by atoms with Crippen LogP contribution < -0.4 is 10.1 Å². The van der Waals surface area contributed by atoms with Crippen molar-refractivity contribution >= 4 is 5.91 Å². The third-order valence-corrected chi connectivity index (χ3v) is 3.80. The van der Waals surface area contributed by atoms with E-state index in [2.05, 4.69) is 19.2 Å². The van der Waals surface area contributed by atoms with Gasteiger partial charge in [-0.3, -0.25) is 4.79 Å². The molecule has 0 aliphatic rings. The molecule has 0 saturated carbocycles. The normalized spacial score (nSPS) is 13.8. The molecule has 0 aliphatic heterocycles. The molecule has 1 unspecified atom stereocenters. The highest BCUT2D eigenvalue weighted by atomic mass is 16.5. The van der Waals surface area contributed by atoms with E-state index in [9.17, 15) is 4.79 Å². The first-order valence-electron chi connectivity index (χ1n) is 7.55. The highest BCUT2D eigenvalue weighted by molar-refractivity contribution is 5.78. The first-order valence-corrected chi connectivity index (χ1v) is 7.55. The Kier molecular flexibility index (Phi) is 6.69. The summed E-state index contributed by atoms with van der Waals surface area (Å²) in [6.07, 6.45) is 1.31. The van der Waals surface area contributed by atoms with Gasteiger partial charge in [0, 0.05) is 12.1 Å². The van der Waals surface area contributed by atoms with Crippen LogP contribution in [0.25, 0.3) is 0 Å². The van der Waals surface area contributed by atoms with Crippen molar-refractivity contribution in [1.82, 2.24) is 5.32 Å². The lowest BCUT2D eigenvalue weighted by Crippen LogP contribution is -2.47. The predicted octanol–water partition coefficient (Wildman–Crippen LogP) is 2.86. The van der Waals surface area contributed by atoms with Gasteiger partial charge < -0.3 is 15.2 Å². The SMILES string of the molecule is CCC(C)(CCO)NC(=O)COc1ccc(C(C)C)cc1. The van der Waals surface area contributed by atoms with Crippen LogP contribution in [0.2, 0.25) is 0 Å². The zero-order chi connectivity index (χ0) is 15.9. The van der Waals surface area contributed by atoms with Crippen LogP contribution in [-0.2, 0) is 4.79 Å². The second-order valence-corrected chi connectivity index (χ2v) is 5.95. The summed E-state index contributed by atoms with van der Waals surface area (Å²) in [5.74, 6) is 1.00. The fourth-order valence-electron chi connectivity index (χ4n) is 2.04. The fraction of sp³-hybridized carbons (Fsp3) is 0.588. The van der Waals surface area contributed by atoms with Crippen LogP contribution in [0.15, 0.2) is 24.3 Å². The van der Waals surface area contributed by atoms with Gasteiger partial charge in [-0.25, -0.2) is 0 Å². The number of aliphatic hydroxyl groups excluding tert-OH is 1. The summed E-state index contributed by atoms with van der Waals surface area (Å²) in [4.78, 5) is 11.9. The highest BCUT2D eigenvalue weighted by Gasteiger charge is 2.23. The third-order valence-electron chi connectivity index (χ3n) is 3.80. The standard InChI is InChI=1S/C17H27NO3/c1-5-17(4,10-11-19)18-16(20)12-21-15-8-6-14(7-9-15)13(2)3/h6-9,13,19H,5,10-12H2,1-4H3,(H,18,20). The number of nitrogens with one attached hydrogen (secondary N) is 1. The lowest BCUT2D eigenvalue weighted by Gasteiger charge is -2.28. The van der Waals surface area contributed by atoms with E-state index in [1.807, 2.05) is 38.1 Å². The summed E-state index contributed by atoms with van der Waals surface area (Å²) in [5.41, 5.74) is 0.866. The van der Waals surface area contributed by atoms with Crippen molar-refractivity contribution in [2.24, 2.45) is 0 Å². The van der Waals surface area contributed by atoms with Gasteiger partial charge in [0.15, 0.2) is 6.61 Å². The molecule has 1 rings (SSSR count). The van der Waals surface area contributed by atoms with E-state index in [0.717, 1.165) is 6.42 Å². The van der Waals surface area contributed by atoms with E-state index in [4.69, 9.17) is 9.84 Å². The molecule has 0 aliphatic carbocycles. The molecule has 1 amide bonds. The number of amides is 1. The number of hydrogen-bond acceptors (Lipinski definition) is 3. The minimum Gasteiger partial charge on any atom is -0.484 e. The van der Waals surface area contributed by atoms with Gasteiger partial charge in [0.1, 0.15) is 5.75 Å². The molecule has 0 radical (unpaired) electrons. The number of carbonyl (C=O) groups excluding carboxylic acids is 1. The lowest BCUT2D eigenvalue weighted by molar-refractivity contribution is -0.125. The molecule has 4 nitrogen and oxygen atoms in total. The molecule has 1 aromatic rings. The Morgan fingerprint density at radius 1 is 1.33 bits per heavy atom. The van der Waals surface area contributed by atoms with Gasteiger partial charge in [-0.15, -0.1) is 0 Å². The molecule has 1 atom stereocenters. The highest BCUT2D eigenvalue weighted by Crippen LogP contribution is 2.18. The van der Waals surface area contributed by atoms with E-state index in [1.165, 1.54) is 5.56 Å². The van der Waals surface area contributed by atoms with E-state index < -0.39 is 0 Å². The topological polar surface area (TPSA) is 58.6 Å². The number of carbonyl (C=O) groups is 1. The maximum absolute atomic E-state index is 11.9. The van der Waals surface area contributed by atoms with E-state index in [0.29, 0.717) is 18.1 Å². The number of hydrogen-bond donors (Lipinski definition) is 2. The van der Waals surface area contributed by atoms with Gasteiger partial charge in [-0.1, -0.05) is 32.9 Å². The Morgan fingerprint density at radius 2 is 1.95 bits per heavy atom. The van der Waals surface area contributed by atoms with Crippen molar-refractivity contribution in [1.29, 1.82) is 0 Å². The molecular weight excluding hydrogens is 266 g/mol. The molecule has 4 heteroatoms. The Labute approximate surface area is 127 Å². The van der Waals surface area contributed by atoms with Crippen LogP contribution in [0, 0.1) is 0 Å². The molecule has 1 aromatic carbocycles. The Hall–Kier alpha value is -1.55. The molecule has 21 heavy (non-hydrogen) atoms. The number of benzene rings is 1. The maximum Gasteiger partial charge on any atom is 0.258 e. The molecule has 0 spiro atoms. The Bertz CT molecular complexity index is 442. The van der Waals surface area contributed by atoms with Gasteiger partial charge in [-0.2, -0.15) is 0 Å². The summed E-state index contributed by atoms with van der Waals surface area (Å²) >= 11 is 0. The summed E-state index contributed by atoms with van der Waals surface area (Å²) < 4.78 is 5.50. The Balaban J connectivity index is 2.49. The third kappa shape index (κ3) is 5.76. The molecule has 2 N–H and O–H groups in total. The van der Waals surface area contributed by atoms with Gasteiger partial charge in [0.05, 0.1) is 0 Å². The smallest absolute Gasteiger partial charge is 0.258 e. The van der Waals surface area contributed by atoms with Gasteiger partial charge in [0.25, 0.3) is 5.91 Å². The second kappa shape index (κ2) is 8.03. The summed E-state index contributed by atoms with van der Waals surface area (Å²) in [6.45, 7) is 8.23. The second-order valence-electron chi connectivity index (χ2n) is 5.95. The predicted molar refractivity (Wildman–Crippen MR) is 84.6 cm³/mol. The summed E-state index contributed by atoms with van der Waals surface area (Å²) in [6, 6.07) is 7.80. The van der Waals surface area contributed by atoms with Gasteiger partial charge in [-0.05, 0) is 43.4 Å². The molecule has 0 saturated heterocycles. The van der Waals surface area contributed by atoms with Crippen molar-refractivity contribution in [2.45, 2.75) is 52.0 Å². The van der Waals surface area contributed by atoms with Crippen molar-refractivity contribution < 1.29 is 14.6 Å². The van der Waals surface area contributed by atoms with Crippen molar-refractivity contribution in [2.75, 3.05) is 13.2 Å². The van der Waals surface area contributed by atoms with Crippen molar-refractivity contribution in [3.63, 3.8) is 0 Å². The van der Waals surface area contributed by atoms with E-state index in [-0.39, 0.29) is 24.7 Å². The largest absolute Gasteiger partial charge is 0.484 e. The van der Waals surface area contributed by atoms with Gasteiger partial charge >= 0.3 is 0 Å². The maximum atomic E-state index is 11.9. The molecular formula is C17H27NO3. The Morgan fingerprint density at radius 3 is 2.43 bits per heavy atom. The molecule has 0 heterocycles. The molecule has 118 valence electrons. The minimum atomic E-state index is -0.378. The number of aliphatic hydroxyl groups is 1. The quantitative estimate of drug-likeness (QED) is 0.775. The average Bonchev–Trinajstić information content (AvgIpc) is 2.45. The zero-order valence-electron chi connectivity index (χ0n) is 13.5. The number of ether oxygens (including phenoxy) is 1. The summed E-state index contributed by atoms with van der Waals surface area (Å²) in [7, 11) is 0. The van der Waals surface area contributed by atoms with Crippen LogP contribution in [0.4, 0.5) is 0 Å². The van der Waals surface area contributed by atoms with Crippen LogP contribution in [0.3, 0.4) is 0 Å². The lowest BCUT2D eigenvalue weighted by atomic mass is 9.95. The summed E-state index contributed by atoms with van der Waals surface area (Å²) in [5, 5.41) is 12.0. The number of rotatable bonds is 8. The monoisotopic (exact) mass is 293 g/mol.